The molecule has 0 bridgehead atoms. The Hall–Kier alpha value is -1.80. The van der Waals surface area contributed by atoms with Crippen LogP contribution in [0, 0.1) is 6.92 Å². The molecule has 2 aromatic carbocycles. The molecule has 0 heterocycles. The van der Waals surface area contributed by atoms with Gasteiger partial charge in [-0.2, -0.15) is 0 Å². The molecule has 0 fully saturated rings. The summed E-state index contributed by atoms with van der Waals surface area (Å²) in [5.74, 6) is 0.907. The van der Waals surface area contributed by atoms with Crippen molar-refractivity contribution in [2.75, 3.05) is 0 Å². The third-order valence-corrected chi connectivity index (χ3v) is 3.05. The van der Waals surface area contributed by atoms with E-state index in [4.69, 9.17) is 10.5 Å². The number of rotatable bonds is 4. The van der Waals surface area contributed by atoms with E-state index in [1.807, 2.05) is 26.0 Å². The van der Waals surface area contributed by atoms with E-state index in [9.17, 15) is 0 Å². The Kier molecular flexibility index (Phi) is 4.23. The monoisotopic (exact) mass is 255 g/mol. The van der Waals surface area contributed by atoms with Gasteiger partial charge in [0.05, 0.1) is 6.10 Å². The minimum absolute atomic E-state index is 0.187. The fourth-order valence-corrected chi connectivity index (χ4v) is 2.12. The maximum atomic E-state index is 5.75. The zero-order valence-corrected chi connectivity index (χ0v) is 11.8. The van der Waals surface area contributed by atoms with Crippen LogP contribution in [0.5, 0.6) is 5.75 Å². The zero-order chi connectivity index (χ0) is 13.8. The third-order valence-electron chi connectivity index (χ3n) is 3.05. The zero-order valence-electron chi connectivity index (χ0n) is 11.8. The van der Waals surface area contributed by atoms with Gasteiger partial charge in [0, 0.05) is 6.54 Å². The summed E-state index contributed by atoms with van der Waals surface area (Å²) < 4.78 is 5.75. The Morgan fingerprint density at radius 1 is 1.11 bits per heavy atom. The van der Waals surface area contributed by atoms with E-state index < -0.39 is 0 Å². The van der Waals surface area contributed by atoms with Crippen molar-refractivity contribution in [3.05, 3.63) is 53.6 Å². The van der Waals surface area contributed by atoms with E-state index >= 15 is 0 Å². The summed E-state index contributed by atoms with van der Waals surface area (Å²) in [6.45, 7) is 6.75. The fourth-order valence-electron chi connectivity index (χ4n) is 2.12. The van der Waals surface area contributed by atoms with Crippen molar-refractivity contribution in [2.45, 2.75) is 33.4 Å². The van der Waals surface area contributed by atoms with Gasteiger partial charge in [0.15, 0.2) is 0 Å². The predicted octanol–water partition coefficient (Wildman–Crippen LogP) is 3.91. The molecular weight excluding hydrogens is 234 g/mol. The minimum atomic E-state index is 0.187. The Morgan fingerprint density at radius 2 is 1.89 bits per heavy atom. The molecule has 0 unspecified atom stereocenters. The number of hydrogen-bond donors (Lipinski definition) is 1. The summed E-state index contributed by atoms with van der Waals surface area (Å²) in [7, 11) is 0. The lowest BCUT2D eigenvalue weighted by Gasteiger charge is -2.13. The second kappa shape index (κ2) is 5.89. The molecule has 0 saturated heterocycles. The molecular formula is C17H21NO. The average Bonchev–Trinajstić information content (AvgIpc) is 2.39. The van der Waals surface area contributed by atoms with Crippen molar-refractivity contribution < 1.29 is 4.74 Å². The average molecular weight is 255 g/mol. The molecule has 0 aromatic heterocycles. The lowest BCUT2D eigenvalue weighted by Crippen LogP contribution is -2.05. The molecule has 0 aliphatic rings. The maximum Gasteiger partial charge on any atom is 0.120 e. The molecule has 0 amide bonds. The molecule has 2 aromatic rings. The molecule has 19 heavy (non-hydrogen) atoms. The lowest BCUT2D eigenvalue weighted by atomic mass is 9.98. The standard InChI is InChI=1S/C17H21NO/c1-12(2)19-16-6-4-5-15(10-16)17-9-14(11-18)8-7-13(17)3/h4-10,12H,11,18H2,1-3H3. The quantitative estimate of drug-likeness (QED) is 0.899. The topological polar surface area (TPSA) is 35.2 Å². The van der Waals surface area contributed by atoms with Crippen molar-refractivity contribution in [3.63, 3.8) is 0 Å². The smallest absolute Gasteiger partial charge is 0.120 e. The molecule has 0 radical (unpaired) electrons. The fraction of sp³-hybridized carbons (Fsp3) is 0.294. The molecule has 0 spiro atoms. The van der Waals surface area contributed by atoms with E-state index in [-0.39, 0.29) is 6.10 Å². The van der Waals surface area contributed by atoms with Crippen molar-refractivity contribution >= 4 is 0 Å². The first kappa shape index (κ1) is 13.6. The van der Waals surface area contributed by atoms with Gasteiger partial charge in [-0.1, -0.05) is 24.3 Å². The van der Waals surface area contributed by atoms with Crippen LogP contribution in [0.3, 0.4) is 0 Å². The van der Waals surface area contributed by atoms with Crippen LogP contribution in [0.15, 0.2) is 42.5 Å². The summed E-state index contributed by atoms with van der Waals surface area (Å²) in [5, 5.41) is 0. The highest BCUT2D eigenvalue weighted by Crippen LogP contribution is 2.28. The van der Waals surface area contributed by atoms with Crippen LogP contribution in [0.2, 0.25) is 0 Å². The summed E-state index contributed by atoms with van der Waals surface area (Å²) in [5.41, 5.74) is 10.5. The highest BCUT2D eigenvalue weighted by Gasteiger charge is 2.05. The van der Waals surface area contributed by atoms with Crippen molar-refractivity contribution in [1.82, 2.24) is 0 Å². The van der Waals surface area contributed by atoms with E-state index in [0.717, 1.165) is 11.3 Å². The predicted molar refractivity (Wildman–Crippen MR) is 80.3 cm³/mol. The first-order valence-electron chi connectivity index (χ1n) is 6.67. The first-order chi connectivity index (χ1) is 9.10. The molecule has 2 nitrogen and oxygen atoms in total. The summed E-state index contributed by atoms with van der Waals surface area (Å²) in [6, 6.07) is 14.6. The van der Waals surface area contributed by atoms with Crippen LogP contribution in [0.25, 0.3) is 11.1 Å². The molecule has 0 aliphatic heterocycles. The minimum Gasteiger partial charge on any atom is -0.491 e. The van der Waals surface area contributed by atoms with Crippen LogP contribution < -0.4 is 10.5 Å². The molecule has 2 N–H and O–H groups in total. The van der Waals surface area contributed by atoms with Crippen LogP contribution in [-0.2, 0) is 6.54 Å². The molecule has 0 atom stereocenters. The van der Waals surface area contributed by atoms with Crippen LogP contribution in [0.4, 0.5) is 0 Å². The Bertz CT molecular complexity index is 561. The Balaban J connectivity index is 2.41. The van der Waals surface area contributed by atoms with Gasteiger partial charge in [-0.15, -0.1) is 0 Å². The van der Waals surface area contributed by atoms with E-state index in [1.54, 1.807) is 0 Å². The van der Waals surface area contributed by atoms with Gasteiger partial charge >= 0.3 is 0 Å². The number of aryl methyl sites for hydroxylation is 1. The molecule has 0 aliphatic carbocycles. The van der Waals surface area contributed by atoms with Crippen molar-refractivity contribution in [1.29, 1.82) is 0 Å². The number of benzene rings is 2. The number of ether oxygens (including phenoxy) is 1. The SMILES string of the molecule is Cc1ccc(CN)cc1-c1cccc(OC(C)C)c1. The molecule has 2 rings (SSSR count). The van der Waals surface area contributed by atoms with Crippen molar-refractivity contribution in [3.8, 4) is 16.9 Å². The number of nitrogens with two attached hydrogens (primary N) is 1. The second-order valence-electron chi connectivity index (χ2n) is 5.05. The molecule has 2 heteroatoms. The Morgan fingerprint density at radius 3 is 2.58 bits per heavy atom. The van der Waals surface area contributed by atoms with Crippen LogP contribution in [0.1, 0.15) is 25.0 Å². The summed E-state index contributed by atoms with van der Waals surface area (Å²) in [6.07, 6.45) is 0.187. The Labute approximate surface area is 115 Å². The van der Waals surface area contributed by atoms with Gasteiger partial charge < -0.3 is 10.5 Å². The normalized spacial score (nSPS) is 10.8. The van der Waals surface area contributed by atoms with Crippen molar-refractivity contribution in [2.24, 2.45) is 5.73 Å². The van der Waals surface area contributed by atoms with Crippen LogP contribution in [-0.4, -0.2) is 6.10 Å². The first-order valence-corrected chi connectivity index (χ1v) is 6.67. The third kappa shape index (κ3) is 3.36. The molecule has 100 valence electrons. The highest BCUT2D eigenvalue weighted by atomic mass is 16.5. The highest BCUT2D eigenvalue weighted by molar-refractivity contribution is 5.69. The van der Waals surface area contributed by atoms with Gasteiger partial charge in [-0.3, -0.25) is 0 Å². The maximum absolute atomic E-state index is 5.75. The molecule has 0 saturated carbocycles. The largest absolute Gasteiger partial charge is 0.491 e. The second-order valence-corrected chi connectivity index (χ2v) is 5.05. The summed E-state index contributed by atoms with van der Waals surface area (Å²) >= 11 is 0. The summed E-state index contributed by atoms with van der Waals surface area (Å²) in [4.78, 5) is 0. The van der Waals surface area contributed by atoms with E-state index in [1.165, 1.54) is 16.7 Å². The number of hydrogen-bond acceptors (Lipinski definition) is 2. The van der Waals surface area contributed by atoms with Gasteiger partial charge in [0.1, 0.15) is 5.75 Å². The van der Waals surface area contributed by atoms with Gasteiger partial charge in [-0.05, 0) is 61.2 Å². The van der Waals surface area contributed by atoms with Gasteiger partial charge in [0.25, 0.3) is 0 Å². The van der Waals surface area contributed by atoms with E-state index in [0.29, 0.717) is 6.54 Å². The van der Waals surface area contributed by atoms with Gasteiger partial charge in [-0.25, -0.2) is 0 Å². The lowest BCUT2D eigenvalue weighted by molar-refractivity contribution is 0.242. The van der Waals surface area contributed by atoms with Crippen LogP contribution >= 0.6 is 0 Å². The van der Waals surface area contributed by atoms with Gasteiger partial charge in [0.2, 0.25) is 0 Å². The van der Waals surface area contributed by atoms with E-state index in [2.05, 4.69) is 37.3 Å².